The molecule has 0 N–H and O–H groups in total. The third-order valence-corrected chi connectivity index (χ3v) is 10.1. The highest BCUT2D eigenvalue weighted by molar-refractivity contribution is 7.09. The molecule has 0 radical (unpaired) electrons. The molecular formula is C24H39O2P. The highest BCUT2D eigenvalue weighted by Crippen LogP contribution is 2.67. The first-order valence-corrected chi connectivity index (χ1v) is 11.9. The molecule has 3 heteroatoms. The maximum atomic E-state index is 10.9. The number of fused-ring (bicyclic) bond motifs is 5. The molecule has 0 aromatic carbocycles. The van der Waals surface area contributed by atoms with Gasteiger partial charge in [0.25, 0.3) is 0 Å². The maximum Gasteiger partial charge on any atom is 0.120 e. The number of allylic oxidation sites excluding steroid dienone is 1. The SMILES string of the molecule is C[C@H](CCC=O)[C@H]1CC[C@H]2[C@@H]3CC=C4C[C@@H](OP)CC[C@]4(C)[C@H]3CC[C@]12C. The molecule has 4 rings (SSSR count). The maximum absolute atomic E-state index is 10.9. The van der Waals surface area contributed by atoms with Gasteiger partial charge >= 0.3 is 0 Å². The Morgan fingerprint density at radius 2 is 2.04 bits per heavy atom. The van der Waals surface area contributed by atoms with E-state index in [-0.39, 0.29) is 0 Å². The van der Waals surface area contributed by atoms with Crippen molar-refractivity contribution in [2.75, 3.05) is 0 Å². The first kappa shape index (κ1) is 20.1. The second kappa shape index (κ2) is 7.56. The molecule has 0 heterocycles. The van der Waals surface area contributed by atoms with Crippen LogP contribution >= 0.6 is 9.47 Å². The highest BCUT2D eigenvalue weighted by Gasteiger charge is 2.59. The van der Waals surface area contributed by atoms with Crippen LogP contribution in [0.2, 0.25) is 0 Å². The summed E-state index contributed by atoms with van der Waals surface area (Å²) in [5.41, 5.74) is 2.64. The van der Waals surface area contributed by atoms with Gasteiger partial charge in [-0.05, 0) is 98.2 Å². The molecule has 0 aliphatic heterocycles. The molecule has 4 aliphatic rings. The highest BCUT2D eigenvalue weighted by atomic mass is 31.0. The van der Waals surface area contributed by atoms with Gasteiger partial charge in [-0.15, -0.1) is 0 Å². The summed E-state index contributed by atoms with van der Waals surface area (Å²) in [4.78, 5) is 10.9. The predicted octanol–water partition coefficient (Wildman–Crippen LogP) is 6.36. The van der Waals surface area contributed by atoms with Gasteiger partial charge in [0.2, 0.25) is 0 Å². The number of hydrogen-bond acceptors (Lipinski definition) is 2. The third kappa shape index (κ3) is 3.18. The molecule has 0 amide bonds. The fourth-order valence-corrected chi connectivity index (χ4v) is 8.48. The number of carbonyl (C=O) groups is 1. The van der Waals surface area contributed by atoms with E-state index >= 15 is 0 Å². The lowest BCUT2D eigenvalue weighted by atomic mass is 9.47. The Morgan fingerprint density at radius 1 is 1.22 bits per heavy atom. The zero-order valence-electron chi connectivity index (χ0n) is 17.6. The summed E-state index contributed by atoms with van der Waals surface area (Å²) in [5, 5.41) is 0. The molecule has 1 unspecified atom stereocenters. The normalized spacial score (nSPS) is 47.4. The summed E-state index contributed by atoms with van der Waals surface area (Å²) in [6.45, 7) is 7.61. The minimum Gasteiger partial charge on any atom is -0.362 e. The van der Waals surface area contributed by atoms with Crippen molar-refractivity contribution < 1.29 is 9.32 Å². The quantitative estimate of drug-likeness (QED) is 0.310. The van der Waals surface area contributed by atoms with Crippen molar-refractivity contribution >= 4 is 15.8 Å². The molecule has 4 aliphatic carbocycles. The van der Waals surface area contributed by atoms with Crippen LogP contribution in [0.25, 0.3) is 0 Å². The van der Waals surface area contributed by atoms with Crippen LogP contribution in [-0.4, -0.2) is 12.4 Å². The van der Waals surface area contributed by atoms with Gasteiger partial charge in [0, 0.05) is 15.9 Å². The molecule has 152 valence electrons. The molecule has 2 nitrogen and oxygen atoms in total. The Morgan fingerprint density at radius 3 is 2.78 bits per heavy atom. The largest absolute Gasteiger partial charge is 0.362 e. The number of rotatable bonds is 5. The van der Waals surface area contributed by atoms with Gasteiger partial charge in [-0.25, -0.2) is 0 Å². The Hall–Kier alpha value is -0.200. The number of hydrogen-bond donors (Lipinski definition) is 0. The van der Waals surface area contributed by atoms with Crippen LogP contribution < -0.4 is 0 Å². The molecule has 27 heavy (non-hydrogen) atoms. The van der Waals surface area contributed by atoms with E-state index in [2.05, 4.69) is 36.3 Å². The first-order valence-electron chi connectivity index (χ1n) is 11.4. The molecular weight excluding hydrogens is 351 g/mol. The zero-order valence-corrected chi connectivity index (χ0v) is 18.7. The van der Waals surface area contributed by atoms with E-state index < -0.39 is 0 Å². The molecule has 9 atom stereocenters. The molecule has 3 saturated carbocycles. The summed E-state index contributed by atoms with van der Waals surface area (Å²) in [6, 6.07) is 0. The second-order valence-corrected chi connectivity index (χ2v) is 11.0. The molecule has 0 spiro atoms. The topological polar surface area (TPSA) is 26.3 Å². The van der Waals surface area contributed by atoms with E-state index in [0.717, 1.165) is 49.2 Å². The first-order chi connectivity index (χ1) is 12.9. The van der Waals surface area contributed by atoms with Crippen LogP contribution in [0, 0.1) is 40.4 Å². The zero-order chi connectivity index (χ0) is 19.2. The van der Waals surface area contributed by atoms with Crippen LogP contribution in [0.15, 0.2) is 11.6 Å². The Balaban J connectivity index is 1.55. The van der Waals surface area contributed by atoms with E-state index in [1.54, 1.807) is 5.57 Å². The van der Waals surface area contributed by atoms with Crippen molar-refractivity contribution in [1.29, 1.82) is 0 Å². The van der Waals surface area contributed by atoms with E-state index in [4.69, 9.17) is 4.52 Å². The minimum atomic E-state index is 0.411. The van der Waals surface area contributed by atoms with Gasteiger partial charge in [0.15, 0.2) is 0 Å². The van der Waals surface area contributed by atoms with E-state index in [1.165, 1.54) is 44.9 Å². The number of carbonyl (C=O) groups excluding carboxylic acids is 1. The van der Waals surface area contributed by atoms with Crippen molar-refractivity contribution in [3.05, 3.63) is 11.6 Å². The molecule has 0 saturated heterocycles. The summed E-state index contributed by atoms with van der Waals surface area (Å²) in [7, 11) is 2.49. The Bertz CT molecular complexity index is 601. The molecule has 3 fully saturated rings. The van der Waals surface area contributed by atoms with Crippen LogP contribution in [0.3, 0.4) is 0 Å². The lowest BCUT2D eigenvalue weighted by Gasteiger charge is -2.58. The monoisotopic (exact) mass is 390 g/mol. The smallest absolute Gasteiger partial charge is 0.120 e. The Labute approximate surface area is 168 Å². The summed E-state index contributed by atoms with van der Waals surface area (Å²) in [5.74, 6) is 4.18. The van der Waals surface area contributed by atoms with E-state index in [1.807, 2.05) is 0 Å². The summed E-state index contributed by atoms with van der Waals surface area (Å²) >= 11 is 0. The van der Waals surface area contributed by atoms with Crippen LogP contribution in [0.5, 0.6) is 0 Å². The summed E-state index contributed by atoms with van der Waals surface area (Å²) in [6.07, 6.45) is 16.6. The average Bonchev–Trinajstić information content (AvgIpc) is 3.02. The van der Waals surface area contributed by atoms with Gasteiger partial charge in [-0.2, -0.15) is 0 Å². The summed E-state index contributed by atoms with van der Waals surface area (Å²) < 4.78 is 5.63. The van der Waals surface area contributed by atoms with Gasteiger partial charge < -0.3 is 9.32 Å². The molecule has 0 aromatic heterocycles. The van der Waals surface area contributed by atoms with Crippen molar-refractivity contribution in [3.63, 3.8) is 0 Å². The van der Waals surface area contributed by atoms with Gasteiger partial charge in [-0.1, -0.05) is 32.4 Å². The van der Waals surface area contributed by atoms with Gasteiger partial charge in [0.05, 0.1) is 6.10 Å². The minimum absolute atomic E-state index is 0.411. The van der Waals surface area contributed by atoms with Crippen LogP contribution in [-0.2, 0) is 9.32 Å². The predicted molar refractivity (Wildman–Crippen MR) is 114 cm³/mol. The van der Waals surface area contributed by atoms with E-state index in [0.29, 0.717) is 22.9 Å². The lowest BCUT2D eigenvalue weighted by Crippen LogP contribution is -2.50. The Kier molecular flexibility index (Phi) is 5.63. The van der Waals surface area contributed by atoms with Crippen molar-refractivity contribution in [2.45, 2.75) is 91.1 Å². The van der Waals surface area contributed by atoms with Gasteiger partial charge in [-0.3, -0.25) is 0 Å². The van der Waals surface area contributed by atoms with Crippen LogP contribution in [0.1, 0.15) is 85.0 Å². The fraction of sp³-hybridized carbons (Fsp3) is 0.875. The molecule has 0 aromatic rings. The van der Waals surface area contributed by atoms with Crippen LogP contribution in [0.4, 0.5) is 0 Å². The number of aldehydes is 1. The fourth-order valence-electron chi connectivity index (χ4n) is 8.25. The van der Waals surface area contributed by atoms with E-state index in [9.17, 15) is 4.79 Å². The standard InChI is InChI=1S/C24H39O2P/c1-16(5-4-14-25)20-8-9-21-19-7-6-17-15-18(26-27)10-12-23(17,2)22(19)11-13-24(20,21)3/h6,14,16,18-22H,4-5,7-13,15,27H2,1-3H3/t16-,18+,19+,20-,21+,22+,23+,24-/m1/s1. The lowest BCUT2D eigenvalue weighted by molar-refractivity contribution is -0.108. The average molecular weight is 391 g/mol. The van der Waals surface area contributed by atoms with Gasteiger partial charge in [0.1, 0.15) is 6.29 Å². The second-order valence-electron chi connectivity index (χ2n) is 10.7. The third-order valence-electron chi connectivity index (χ3n) is 9.75. The van der Waals surface area contributed by atoms with Crippen molar-refractivity contribution in [1.82, 2.24) is 0 Å². The van der Waals surface area contributed by atoms with Crippen molar-refractivity contribution in [2.24, 2.45) is 40.4 Å². The van der Waals surface area contributed by atoms with Crippen molar-refractivity contribution in [3.8, 4) is 0 Å². The molecule has 0 bridgehead atoms.